The van der Waals surface area contributed by atoms with Crippen molar-refractivity contribution in [1.82, 2.24) is 19.6 Å². The van der Waals surface area contributed by atoms with E-state index in [0.29, 0.717) is 17.3 Å². The minimum atomic E-state index is -0.498. The van der Waals surface area contributed by atoms with Crippen molar-refractivity contribution in [3.8, 4) is 5.69 Å². The van der Waals surface area contributed by atoms with Crippen molar-refractivity contribution < 1.29 is 4.79 Å². The molecule has 1 N–H and O–H groups in total. The fourth-order valence-corrected chi connectivity index (χ4v) is 2.72. The number of anilines is 1. The van der Waals surface area contributed by atoms with E-state index in [1.165, 1.54) is 15.6 Å². The summed E-state index contributed by atoms with van der Waals surface area (Å²) in [6, 6.07) is 9.51. The number of aryl methyl sites for hydroxylation is 2. The topological polar surface area (TPSA) is 81.8 Å². The molecule has 0 atom stereocenters. The Morgan fingerprint density at radius 3 is 2.65 bits per heavy atom. The van der Waals surface area contributed by atoms with Crippen molar-refractivity contribution >= 4 is 11.7 Å². The van der Waals surface area contributed by atoms with Crippen LogP contribution in [-0.4, -0.2) is 25.5 Å². The number of nitrogens with zero attached hydrogens (tertiary/aromatic N) is 4. The Bertz CT molecular complexity index is 1020. The van der Waals surface area contributed by atoms with E-state index in [0.717, 1.165) is 11.3 Å². The standard InChI is InChI=1S/C19H21N5O2/c1-12(2)14-6-5-7-15(10-14)24-9-8-13(3)17(19(24)26)18(25)21-16-11-20-23(4)22-16/h5-12H,1-4H3,(H,21,22,25). The van der Waals surface area contributed by atoms with Crippen molar-refractivity contribution in [3.05, 3.63) is 69.8 Å². The van der Waals surface area contributed by atoms with Crippen LogP contribution in [0.15, 0.2) is 47.5 Å². The van der Waals surface area contributed by atoms with Crippen LogP contribution in [0.3, 0.4) is 0 Å². The number of aromatic nitrogens is 4. The zero-order valence-corrected chi connectivity index (χ0v) is 15.2. The average Bonchev–Trinajstić information content (AvgIpc) is 3.00. The molecule has 0 aliphatic carbocycles. The number of pyridine rings is 1. The second kappa shape index (κ2) is 6.95. The van der Waals surface area contributed by atoms with E-state index in [1.54, 1.807) is 26.2 Å². The van der Waals surface area contributed by atoms with E-state index in [4.69, 9.17) is 0 Å². The van der Waals surface area contributed by atoms with E-state index in [2.05, 4.69) is 29.4 Å². The van der Waals surface area contributed by atoms with Gasteiger partial charge in [-0.3, -0.25) is 14.2 Å². The highest BCUT2D eigenvalue weighted by atomic mass is 16.2. The maximum absolute atomic E-state index is 13.0. The van der Waals surface area contributed by atoms with E-state index in [9.17, 15) is 9.59 Å². The molecule has 0 aliphatic rings. The van der Waals surface area contributed by atoms with Crippen LogP contribution in [0.25, 0.3) is 5.69 Å². The number of amides is 1. The van der Waals surface area contributed by atoms with E-state index >= 15 is 0 Å². The van der Waals surface area contributed by atoms with Gasteiger partial charge in [0.25, 0.3) is 11.5 Å². The molecule has 26 heavy (non-hydrogen) atoms. The zero-order chi connectivity index (χ0) is 18.8. The highest BCUT2D eigenvalue weighted by Gasteiger charge is 2.18. The van der Waals surface area contributed by atoms with Crippen LogP contribution in [0.1, 0.15) is 41.3 Å². The van der Waals surface area contributed by atoms with Gasteiger partial charge in [-0.1, -0.05) is 26.0 Å². The lowest BCUT2D eigenvalue weighted by Gasteiger charge is -2.12. The minimum absolute atomic E-state index is 0.0908. The quantitative estimate of drug-likeness (QED) is 0.783. The lowest BCUT2D eigenvalue weighted by molar-refractivity contribution is 0.102. The van der Waals surface area contributed by atoms with Gasteiger partial charge in [0.1, 0.15) is 5.56 Å². The second-order valence-electron chi connectivity index (χ2n) is 6.47. The van der Waals surface area contributed by atoms with Gasteiger partial charge in [-0.25, -0.2) is 0 Å². The molecule has 0 saturated carbocycles. The number of carbonyl (C=O) groups excluding carboxylic acids is 1. The smallest absolute Gasteiger partial charge is 0.268 e. The van der Waals surface area contributed by atoms with Crippen molar-refractivity contribution in [3.63, 3.8) is 0 Å². The van der Waals surface area contributed by atoms with Gasteiger partial charge in [0.05, 0.1) is 6.20 Å². The predicted octanol–water partition coefficient (Wildman–Crippen LogP) is 2.65. The van der Waals surface area contributed by atoms with Crippen LogP contribution in [0.5, 0.6) is 0 Å². The molecule has 2 aromatic heterocycles. The predicted molar refractivity (Wildman–Crippen MR) is 99.8 cm³/mol. The maximum atomic E-state index is 13.0. The molecule has 1 amide bonds. The van der Waals surface area contributed by atoms with Crippen molar-refractivity contribution in [2.45, 2.75) is 26.7 Å². The molecular formula is C19H21N5O2. The number of carbonyl (C=O) groups is 1. The third-order valence-electron chi connectivity index (χ3n) is 4.18. The van der Waals surface area contributed by atoms with E-state index in [-0.39, 0.29) is 11.1 Å². The number of nitrogens with one attached hydrogen (secondary N) is 1. The Labute approximate surface area is 151 Å². The first-order valence-electron chi connectivity index (χ1n) is 8.37. The Balaban J connectivity index is 2.02. The highest BCUT2D eigenvalue weighted by molar-refractivity contribution is 6.04. The lowest BCUT2D eigenvalue weighted by atomic mass is 10.0. The summed E-state index contributed by atoms with van der Waals surface area (Å²) in [6.07, 6.45) is 3.12. The normalized spacial score (nSPS) is 11.0. The Morgan fingerprint density at radius 2 is 2.00 bits per heavy atom. The molecule has 1 aromatic carbocycles. The SMILES string of the molecule is Cc1ccn(-c2cccc(C(C)C)c2)c(=O)c1C(=O)Nc1cnn(C)n1. The minimum Gasteiger partial charge on any atom is -0.304 e. The molecule has 0 saturated heterocycles. The average molecular weight is 351 g/mol. The summed E-state index contributed by atoms with van der Waals surface area (Å²) in [5, 5.41) is 10.5. The molecule has 0 radical (unpaired) electrons. The Kier molecular flexibility index (Phi) is 4.71. The maximum Gasteiger partial charge on any atom is 0.268 e. The van der Waals surface area contributed by atoms with Crippen LogP contribution in [-0.2, 0) is 7.05 Å². The number of rotatable bonds is 4. The van der Waals surface area contributed by atoms with Crippen LogP contribution < -0.4 is 10.9 Å². The van der Waals surface area contributed by atoms with Gasteiger partial charge in [0.2, 0.25) is 0 Å². The number of hydrogen-bond donors (Lipinski definition) is 1. The summed E-state index contributed by atoms with van der Waals surface area (Å²) in [4.78, 5) is 26.9. The first kappa shape index (κ1) is 17.6. The van der Waals surface area contributed by atoms with Crippen LogP contribution in [0, 0.1) is 6.92 Å². The van der Waals surface area contributed by atoms with Crippen molar-refractivity contribution in [2.75, 3.05) is 5.32 Å². The highest BCUT2D eigenvalue weighted by Crippen LogP contribution is 2.18. The molecule has 0 bridgehead atoms. The molecule has 0 spiro atoms. The summed E-state index contributed by atoms with van der Waals surface area (Å²) in [7, 11) is 1.65. The molecular weight excluding hydrogens is 330 g/mol. The van der Waals surface area contributed by atoms with Gasteiger partial charge in [0.15, 0.2) is 5.82 Å². The van der Waals surface area contributed by atoms with Crippen LogP contribution in [0.4, 0.5) is 5.82 Å². The molecule has 134 valence electrons. The van der Waals surface area contributed by atoms with Crippen molar-refractivity contribution in [2.24, 2.45) is 7.05 Å². The van der Waals surface area contributed by atoms with Crippen LogP contribution in [0.2, 0.25) is 0 Å². The monoisotopic (exact) mass is 351 g/mol. The van der Waals surface area contributed by atoms with Gasteiger partial charge in [0, 0.05) is 18.9 Å². The summed E-state index contributed by atoms with van der Waals surface area (Å²) < 4.78 is 1.49. The molecule has 7 heteroatoms. The molecule has 0 fully saturated rings. The van der Waals surface area contributed by atoms with E-state index in [1.807, 2.05) is 24.3 Å². The largest absolute Gasteiger partial charge is 0.304 e. The number of hydrogen-bond acceptors (Lipinski definition) is 4. The summed E-state index contributed by atoms with van der Waals surface area (Å²) in [6.45, 7) is 5.93. The molecule has 2 heterocycles. The number of benzene rings is 1. The lowest BCUT2D eigenvalue weighted by Crippen LogP contribution is -2.29. The fourth-order valence-electron chi connectivity index (χ4n) is 2.72. The zero-order valence-electron chi connectivity index (χ0n) is 15.2. The van der Waals surface area contributed by atoms with E-state index < -0.39 is 5.91 Å². The van der Waals surface area contributed by atoms with Gasteiger partial charge in [-0.2, -0.15) is 9.90 Å². The molecule has 0 unspecified atom stereocenters. The third-order valence-corrected chi connectivity index (χ3v) is 4.18. The van der Waals surface area contributed by atoms with Gasteiger partial charge >= 0.3 is 0 Å². The third kappa shape index (κ3) is 3.42. The Morgan fingerprint density at radius 1 is 1.23 bits per heavy atom. The Hall–Kier alpha value is -3.22. The van der Waals surface area contributed by atoms with Gasteiger partial charge < -0.3 is 5.32 Å². The second-order valence-corrected chi connectivity index (χ2v) is 6.47. The summed E-state index contributed by atoms with van der Waals surface area (Å²) in [5.74, 6) is 0.145. The fraction of sp³-hybridized carbons (Fsp3) is 0.263. The summed E-state index contributed by atoms with van der Waals surface area (Å²) in [5.41, 5.74) is 2.18. The first-order chi connectivity index (χ1) is 12.4. The van der Waals surface area contributed by atoms with Crippen LogP contribution >= 0.6 is 0 Å². The van der Waals surface area contributed by atoms with Crippen molar-refractivity contribution in [1.29, 1.82) is 0 Å². The molecule has 3 aromatic rings. The van der Waals surface area contributed by atoms with Gasteiger partial charge in [-0.05, 0) is 42.2 Å². The molecule has 7 nitrogen and oxygen atoms in total. The van der Waals surface area contributed by atoms with Gasteiger partial charge in [-0.15, -0.1) is 5.10 Å². The molecule has 3 rings (SSSR count). The summed E-state index contributed by atoms with van der Waals surface area (Å²) >= 11 is 0. The first-order valence-corrected chi connectivity index (χ1v) is 8.37. The molecule has 0 aliphatic heterocycles.